The van der Waals surface area contributed by atoms with Crippen LogP contribution in [-0.4, -0.2) is 11.1 Å². The molecule has 0 spiro atoms. The molecule has 1 aliphatic rings. The fourth-order valence-electron chi connectivity index (χ4n) is 3.10. The summed E-state index contributed by atoms with van der Waals surface area (Å²) in [5, 5.41) is 2.95. The van der Waals surface area contributed by atoms with E-state index in [9.17, 15) is 18.0 Å². The van der Waals surface area contributed by atoms with Crippen LogP contribution in [-0.2, 0) is 10.9 Å². The van der Waals surface area contributed by atoms with Crippen molar-refractivity contribution in [3.63, 3.8) is 0 Å². The van der Waals surface area contributed by atoms with Crippen molar-refractivity contribution in [1.29, 1.82) is 0 Å². The smallest absolute Gasteiger partial charge is 0.416 e. The average Bonchev–Trinajstić information content (AvgIpc) is 2.72. The predicted octanol–water partition coefficient (Wildman–Crippen LogP) is 7.11. The van der Waals surface area contributed by atoms with Gasteiger partial charge >= 0.3 is 6.18 Å². The zero-order valence-electron chi connectivity index (χ0n) is 17.5. The summed E-state index contributed by atoms with van der Waals surface area (Å²) >= 11 is 6.07. The molecule has 2 atom stereocenters. The van der Waals surface area contributed by atoms with Gasteiger partial charge in [0.15, 0.2) is 0 Å². The molecule has 0 radical (unpaired) electrons. The quantitative estimate of drug-likeness (QED) is 0.514. The van der Waals surface area contributed by atoms with Crippen LogP contribution >= 0.6 is 11.6 Å². The molecule has 1 N–H and O–H groups in total. The Labute approximate surface area is 189 Å². The molecule has 4 nitrogen and oxygen atoms in total. The Balaban J connectivity index is 1.74. The van der Waals surface area contributed by atoms with E-state index in [1.54, 1.807) is 24.3 Å². The van der Waals surface area contributed by atoms with Crippen molar-refractivity contribution in [3.8, 4) is 0 Å². The van der Waals surface area contributed by atoms with E-state index in [4.69, 9.17) is 16.3 Å². The highest BCUT2D eigenvalue weighted by atomic mass is 35.5. The summed E-state index contributed by atoms with van der Waals surface area (Å²) in [5.74, 6) is -0.0145. The van der Waals surface area contributed by atoms with Crippen LogP contribution in [0.4, 0.5) is 18.9 Å². The first-order chi connectivity index (χ1) is 15.1. The average molecular weight is 463 g/mol. The maximum absolute atomic E-state index is 12.9. The lowest BCUT2D eigenvalue weighted by Gasteiger charge is -2.18. The highest BCUT2D eigenvalue weighted by molar-refractivity contribution is 6.68. The van der Waals surface area contributed by atoms with Crippen molar-refractivity contribution in [1.82, 2.24) is 0 Å². The minimum atomic E-state index is -4.52. The number of benzene rings is 2. The van der Waals surface area contributed by atoms with Gasteiger partial charge in [0, 0.05) is 11.3 Å². The van der Waals surface area contributed by atoms with Gasteiger partial charge in [-0.25, -0.2) is 4.99 Å². The lowest BCUT2D eigenvalue weighted by atomic mass is 10.1. The zero-order valence-corrected chi connectivity index (χ0v) is 18.2. The largest absolute Gasteiger partial charge is 0.470 e. The molecule has 0 aliphatic carbocycles. The molecule has 3 rings (SSSR count). The molecular formula is C24H22ClF3N2O2. The molecular weight excluding hydrogens is 441 g/mol. The number of alkyl halides is 3. The first-order valence-corrected chi connectivity index (χ1v) is 10.4. The molecule has 2 aromatic carbocycles. The second-order valence-electron chi connectivity index (χ2n) is 7.47. The second-order valence-corrected chi connectivity index (χ2v) is 7.86. The number of nitrogens with one attached hydrogen (secondary N) is 1. The molecule has 32 heavy (non-hydrogen) atoms. The summed E-state index contributed by atoms with van der Waals surface area (Å²) in [6, 6.07) is 11.2. The maximum Gasteiger partial charge on any atom is 0.416 e. The maximum atomic E-state index is 12.9. The minimum absolute atomic E-state index is 0.0831. The van der Waals surface area contributed by atoms with Gasteiger partial charge in [-0.2, -0.15) is 13.2 Å². The van der Waals surface area contributed by atoms with Crippen molar-refractivity contribution in [2.24, 2.45) is 10.9 Å². The van der Waals surface area contributed by atoms with Gasteiger partial charge in [0.2, 0.25) is 5.88 Å². The molecule has 0 aromatic heterocycles. The number of hydrogen-bond acceptors (Lipinski definition) is 3. The van der Waals surface area contributed by atoms with Gasteiger partial charge < -0.3 is 10.1 Å². The van der Waals surface area contributed by atoms with Gasteiger partial charge in [0.05, 0.1) is 5.56 Å². The second kappa shape index (κ2) is 10.0. The molecule has 0 saturated heterocycles. The van der Waals surface area contributed by atoms with E-state index in [1.165, 1.54) is 12.1 Å². The Bertz CT molecular complexity index is 1080. The molecule has 8 heteroatoms. The number of allylic oxidation sites excluding steroid dienone is 3. The molecule has 1 amide bonds. The van der Waals surface area contributed by atoms with E-state index in [-0.39, 0.29) is 11.5 Å². The number of anilines is 1. The summed E-state index contributed by atoms with van der Waals surface area (Å²) in [6.45, 7) is 3.87. The van der Waals surface area contributed by atoms with E-state index in [2.05, 4.69) is 10.3 Å². The van der Waals surface area contributed by atoms with Crippen LogP contribution in [0.15, 0.2) is 77.6 Å². The Kier molecular flexibility index (Phi) is 7.40. The van der Waals surface area contributed by atoms with Crippen LogP contribution in [0.5, 0.6) is 0 Å². The number of hydrogen-bond donors (Lipinski definition) is 1. The molecule has 0 fully saturated rings. The SMILES string of the molecule is CC1C=C(O[C@@H](C)c2cccc(NC(=O)c3cccc(C(F)(F)F)c3)c2)N=C(Cl)C=CC1. The number of carbonyl (C=O) groups excluding carboxylic acids is 1. The van der Waals surface area contributed by atoms with Gasteiger partial charge in [0.25, 0.3) is 5.91 Å². The number of aliphatic imine (C=N–C) groups is 1. The van der Waals surface area contributed by atoms with Crippen LogP contribution in [0, 0.1) is 5.92 Å². The number of halogens is 4. The van der Waals surface area contributed by atoms with Gasteiger partial charge in [-0.05, 0) is 67.3 Å². The van der Waals surface area contributed by atoms with Gasteiger partial charge in [0.1, 0.15) is 11.3 Å². The first kappa shape index (κ1) is 23.6. The predicted molar refractivity (Wildman–Crippen MR) is 120 cm³/mol. The molecule has 2 aromatic rings. The van der Waals surface area contributed by atoms with E-state index in [0.717, 1.165) is 24.1 Å². The highest BCUT2D eigenvalue weighted by Crippen LogP contribution is 2.30. The van der Waals surface area contributed by atoms with Crippen molar-refractivity contribution in [2.45, 2.75) is 32.5 Å². The number of rotatable bonds is 5. The van der Waals surface area contributed by atoms with Crippen LogP contribution in [0.2, 0.25) is 0 Å². The summed E-state index contributed by atoms with van der Waals surface area (Å²) in [7, 11) is 0. The first-order valence-electron chi connectivity index (χ1n) is 9.99. The Morgan fingerprint density at radius 1 is 1.22 bits per heavy atom. The molecule has 0 bridgehead atoms. The zero-order chi connectivity index (χ0) is 23.3. The molecule has 1 unspecified atom stereocenters. The van der Waals surface area contributed by atoms with Crippen LogP contribution in [0.3, 0.4) is 0 Å². The monoisotopic (exact) mass is 462 g/mol. The van der Waals surface area contributed by atoms with Crippen LogP contribution in [0.1, 0.15) is 47.9 Å². The Hall–Kier alpha value is -3.06. The third kappa shape index (κ3) is 6.47. The molecule has 168 valence electrons. The number of ether oxygens (including phenoxy) is 1. The third-order valence-corrected chi connectivity index (χ3v) is 4.98. The number of amides is 1. The Morgan fingerprint density at radius 2 is 1.97 bits per heavy atom. The lowest BCUT2D eigenvalue weighted by Crippen LogP contribution is -2.14. The van der Waals surface area contributed by atoms with Crippen LogP contribution < -0.4 is 5.32 Å². The minimum Gasteiger partial charge on any atom is -0.470 e. The van der Waals surface area contributed by atoms with Gasteiger partial charge in [-0.1, -0.05) is 42.8 Å². The third-order valence-electron chi connectivity index (χ3n) is 4.77. The summed E-state index contributed by atoms with van der Waals surface area (Å²) in [5.41, 5.74) is 0.228. The van der Waals surface area contributed by atoms with E-state index >= 15 is 0 Å². The summed E-state index contributed by atoms with van der Waals surface area (Å²) in [4.78, 5) is 16.7. The van der Waals surface area contributed by atoms with Crippen LogP contribution in [0.25, 0.3) is 0 Å². The molecule has 1 aliphatic heterocycles. The van der Waals surface area contributed by atoms with Crippen molar-refractivity contribution >= 4 is 28.4 Å². The van der Waals surface area contributed by atoms with E-state index in [1.807, 2.05) is 32.1 Å². The Morgan fingerprint density at radius 3 is 2.72 bits per heavy atom. The van der Waals surface area contributed by atoms with E-state index < -0.39 is 23.8 Å². The van der Waals surface area contributed by atoms with Crippen molar-refractivity contribution in [3.05, 3.63) is 89.3 Å². The van der Waals surface area contributed by atoms with Crippen molar-refractivity contribution < 1.29 is 22.7 Å². The summed E-state index contributed by atoms with van der Waals surface area (Å²) < 4.78 is 44.7. The van der Waals surface area contributed by atoms with Crippen molar-refractivity contribution in [2.75, 3.05) is 5.32 Å². The van der Waals surface area contributed by atoms with Gasteiger partial charge in [-0.15, -0.1) is 0 Å². The molecule has 1 heterocycles. The lowest BCUT2D eigenvalue weighted by molar-refractivity contribution is -0.137. The fraction of sp³-hybridized carbons (Fsp3) is 0.250. The standard InChI is InChI=1S/C24H22ClF3N2O2/c1-15-6-3-11-21(25)30-22(12-15)32-16(2)17-7-5-10-20(14-17)29-23(31)18-8-4-9-19(13-18)24(26,27)28/h3-5,7-16H,6H2,1-2H3,(H,29,31)/t15?,16-/m0/s1. The topological polar surface area (TPSA) is 50.7 Å². The van der Waals surface area contributed by atoms with Gasteiger partial charge in [-0.3, -0.25) is 4.79 Å². The fourth-order valence-corrected chi connectivity index (χ4v) is 3.27. The summed E-state index contributed by atoms with van der Waals surface area (Å²) in [6.07, 6.45) is 1.45. The molecule has 0 saturated carbocycles. The normalized spacial score (nSPS) is 17.5. The highest BCUT2D eigenvalue weighted by Gasteiger charge is 2.30. The number of nitrogens with zero attached hydrogens (tertiary/aromatic N) is 1. The number of carbonyl (C=O) groups is 1. The van der Waals surface area contributed by atoms with E-state index in [0.29, 0.717) is 16.7 Å².